The van der Waals surface area contributed by atoms with E-state index in [2.05, 4.69) is 10.1 Å². The molecule has 212 valence electrons. The fourth-order valence-corrected chi connectivity index (χ4v) is 4.10. The molecule has 0 radical (unpaired) electrons. The van der Waals surface area contributed by atoms with Crippen molar-refractivity contribution in [3.05, 3.63) is 83.4 Å². The maximum absolute atomic E-state index is 12.5. The summed E-state index contributed by atoms with van der Waals surface area (Å²) in [6.07, 6.45) is -3.75. The molecule has 0 bridgehead atoms. The number of benzene rings is 3. The summed E-state index contributed by atoms with van der Waals surface area (Å²) in [7, 11) is 0. The zero-order valence-corrected chi connectivity index (χ0v) is 22.2. The minimum atomic E-state index is -4.74. The van der Waals surface area contributed by atoms with E-state index >= 15 is 0 Å². The first-order chi connectivity index (χ1) is 18.8. The number of aliphatic hydroxyl groups is 1. The quantitative estimate of drug-likeness (QED) is 0.238. The lowest BCUT2D eigenvalue weighted by Gasteiger charge is -2.28. The lowest BCUT2D eigenvalue weighted by atomic mass is 9.95. The Labute approximate surface area is 230 Å². The molecule has 3 rings (SSSR count). The molecule has 0 aromatic heterocycles. The molecule has 0 fully saturated rings. The van der Waals surface area contributed by atoms with Crippen LogP contribution in [0.2, 0.25) is 0 Å². The largest absolute Gasteiger partial charge is 0.573 e. The van der Waals surface area contributed by atoms with Gasteiger partial charge in [-0.3, -0.25) is 0 Å². The van der Waals surface area contributed by atoms with Crippen molar-refractivity contribution in [3.63, 3.8) is 0 Å². The molecule has 0 saturated carbocycles. The van der Waals surface area contributed by atoms with Crippen molar-refractivity contribution in [3.8, 4) is 28.7 Å². The third kappa shape index (κ3) is 9.59. The summed E-state index contributed by atoms with van der Waals surface area (Å²) in [6.45, 7) is 3.94. The standard InChI is InChI=1S/C30H31F3N2O5/c1-29(2,14-4-6-20-5-3-7-25(15-20)40-30(31,32)33)35-18-24(36)19-39-27-16-23(12-13-26(27)28(37)38)22-10-8-21(17-34)9-11-22/h3,5,7-13,15-16,24,35-36H,4,6,14,18-19H2,1-2H3,(H,37,38)/t24-/m1/s1. The molecule has 7 nitrogen and oxygen atoms in total. The minimum absolute atomic E-state index is 0.0393. The summed E-state index contributed by atoms with van der Waals surface area (Å²) < 4.78 is 47.0. The number of rotatable bonds is 13. The number of hydrogen-bond donors (Lipinski definition) is 3. The van der Waals surface area contributed by atoms with Crippen LogP contribution in [-0.2, 0) is 6.42 Å². The van der Waals surface area contributed by atoms with Gasteiger partial charge in [0.25, 0.3) is 0 Å². The van der Waals surface area contributed by atoms with E-state index in [4.69, 9.17) is 10.00 Å². The molecule has 3 N–H and O–H groups in total. The number of alkyl halides is 3. The molecule has 0 aliphatic carbocycles. The summed E-state index contributed by atoms with van der Waals surface area (Å²) in [5.74, 6) is -1.30. The molecule has 10 heteroatoms. The second kappa shape index (κ2) is 13.3. The topological polar surface area (TPSA) is 112 Å². The third-order valence-electron chi connectivity index (χ3n) is 6.21. The van der Waals surface area contributed by atoms with Gasteiger partial charge in [0.1, 0.15) is 29.8 Å². The van der Waals surface area contributed by atoms with Crippen molar-refractivity contribution in [1.82, 2.24) is 5.32 Å². The Bertz CT molecular complexity index is 1330. The van der Waals surface area contributed by atoms with Crippen molar-refractivity contribution in [2.75, 3.05) is 13.2 Å². The van der Waals surface area contributed by atoms with Crippen molar-refractivity contribution in [2.45, 2.75) is 51.1 Å². The maximum Gasteiger partial charge on any atom is 0.573 e. The summed E-state index contributed by atoms with van der Waals surface area (Å²) in [4.78, 5) is 11.7. The molecule has 0 saturated heterocycles. The second-order valence-corrected chi connectivity index (χ2v) is 9.98. The van der Waals surface area contributed by atoms with Gasteiger partial charge in [-0.05, 0) is 86.2 Å². The molecular formula is C30H31F3N2O5. The van der Waals surface area contributed by atoms with Crippen molar-refractivity contribution >= 4 is 5.97 Å². The van der Waals surface area contributed by atoms with Gasteiger partial charge in [0, 0.05) is 12.1 Å². The monoisotopic (exact) mass is 556 g/mol. The van der Waals surface area contributed by atoms with Crippen molar-refractivity contribution in [1.29, 1.82) is 5.26 Å². The number of carboxylic acid groups (broad SMARTS) is 1. The van der Waals surface area contributed by atoms with E-state index in [0.29, 0.717) is 30.4 Å². The van der Waals surface area contributed by atoms with Crippen LogP contribution in [0.15, 0.2) is 66.7 Å². The average Bonchev–Trinajstić information content (AvgIpc) is 2.90. The SMILES string of the molecule is CC(C)(CCCc1cccc(OC(F)(F)F)c1)NC[C@@H](O)COc1cc(-c2ccc(C#N)cc2)ccc1C(=O)O. The van der Waals surface area contributed by atoms with Gasteiger partial charge in [0.2, 0.25) is 0 Å². The number of aryl methyl sites for hydroxylation is 1. The Balaban J connectivity index is 1.51. The number of carbonyl (C=O) groups is 1. The Hall–Kier alpha value is -4.07. The predicted octanol–water partition coefficient (Wildman–Crippen LogP) is 5.95. The highest BCUT2D eigenvalue weighted by Gasteiger charge is 2.31. The molecule has 3 aromatic carbocycles. The van der Waals surface area contributed by atoms with E-state index in [1.807, 2.05) is 19.9 Å². The number of aliphatic hydroxyl groups excluding tert-OH is 1. The molecule has 3 aromatic rings. The number of halogens is 3. The summed E-state index contributed by atoms with van der Waals surface area (Å²) >= 11 is 0. The van der Waals surface area contributed by atoms with Crippen LogP contribution in [0.1, 0.15) is 48.2 Å². The van der Waals surface area contributed by atoms with Gasteiger partial charge in [0.05, 0.1) is 11.6 Å². The number of aromatic carboxylic acids is 1. The summed E-state index contributed by atoms with van der Waals surface area (Å²) in [6, 6.07) is 19.5. The summed E-state index contributed by atoms with van der Waals surface area (Å²) in [5, 5.41) is 32.3. The van der Waals surface area contributed by atoms with E-state index in [1.165, 1.54) is 24.3 Å². The first-order valence-electron chi connectivity index (χ1n) is 12.6. The van der Waals surface area contributed by atoms with Crippen molar-refractivity contribution in [2.24, 2.45) is 0 Å². The van der Waals surface area contributed by atoms with Crippen LogP contribution in [0.5, 0.6) is 11.5 Å². The normalized spacial score (nSPS) is 12.4. The molecule has 0 amide bonds. The number of hydrogen-bond acceptors (Lipinski definition) is 6. The van der Waals surface area contributed by atoms with E-state index < -0.39 is 18.4 Å². The minimum Gasteiger partial charge on any atom is -0.490 e. The van der Waals surface area contributed by atoms with Gasteiger partial charge < -0.3 is 25.0 Å². The Kier molecular flexibility index (Phi) is 10.2. The van der Waals surface area contributed by atoms with Crippen LogP contribution in [0.25, 0.3) is 11.1 Å². The van der Waals surface area contributed by atoms with Gasteiger partial charge >= 0.3 is 12.3 Å². The number of ether oxygens (including phenoxy) is 2. The van der Waals surface area contributed by atoms with E-state index in [9.17, 15) is 28.2 Å². The Morgan fingerprint density at radius 3 is 2.40 bits per heavy atom. The third-order valence-corrected chi connectivity index (χ3v) is 6.21. The van der Waals surface area contributed by atoms with Gasteiger partial charge in [-0.1, -0.05) is 30.3 Å². The lowest BCUT2D eigenvalue weighted by molar-refractivity contribution is -0.274. The molecule has 0 heterocycles. The fourth-order valence-electron chi connectivity index (χ4n) is 4.10. The first kappa shape index (κ1) is 30.5. The van der Waals surface area contributed by atoms with Gasteiger partial charge in [-0.15, -0.1) is 13.2 Å². The number of nitriles is 1. The fraction of sp³-hybridized carbons (Fsp3) is 0.333. The molecule has 0 spiro atoms. The number of nitrogens with one attached hydrogen (secondary N) is 1. The Morgan fingerprint density at radius 1 is 1.05 bits per heavy atom. The molecular weight excluding hydrogens is 525 g/mol. The smallest absolute Gasteiger partial charge is 0.490 e. The highest BCUT2D eigenvalue weighted by molar-refractivity contribution is 5.92. The first-order valence-corrected chi connectivity index (χ1v) is 12.6. The van der Waals surface area contributed by atoms with E-state index in [1.54, 1.807) is 42.5 Å². The highest BCUT2D eigenvalue weighted by atomic mass is 19.4. The molecule has 0 aliphatic heterocycles. The van der Waals surface area contributed by atoms with Gasteiger partial charge in [0.15, 0.2) is 0 Å². The molecule has 40 heavy (non-hydrogen) atoms. The van der Waals surface area contributed by atoms with Crippen LogP contribution >= 0.6 is 0 Å². The highest BCUT2D eigenvalue weighted by Crippen LogP contribution is 2.28. The lowest BCUT2D eigenvalue weighted by Crippen LogP contribution is -2.44. The van der Waals surface area contributed by atoms with Crippen LogP contribution in [0.4, 0.5) is 13.2 Å². The van der Waals surface area contributed by atoms with Crippen LogP contribution in [0.3, 0.4) is 0 Å². The molecule has 0 unspecified atom stereocenters. The summed E-state index contributed by atoms with van der Waals surface area (Å²) in [5.41, 5.74) is 2.29. The van der Waals surface area contributed by atoms with E-state index in [-0.39, 0.29) is 35.8 Å². The second-order valence-electron chi connectivity index (χ2n) is 9.98. The molecule has 0 aliphatic rings. The Morgan fingerprint density at radius 2 is 1.75 bits per heavy atom. The number of nitrogens with zero attached hydrogens (tertiary/aromatic N) is 1. The number of carboxylic acids is 1. The zero-order valence-electron chi connectivity index (χ0n) is 22.2. The zero-order chi connectivity index (χ0) is 29.3. The van der Waals surface area contributed by atoms with Crippen LogP contribution < -0.4 is 14.8 Å². The number of β-amino-alcohol motifs (C(OH)–C–C–N with tert-alkyl or cyclic N) is 1. The van der Waals surface area contributed by atoms with Crippen molar-refractivity contribution < 1.29 is 37.7 Å². The average molecular weight is 557 g/mol. The van der Waals surface area contributed by atoms with Crippen LogP contribution in [-0.4, -0.2) is 47.3 Å². The predicted molar refractivity (Wildman–Crippen MR) is 143 cm³/mol. The maximum atomic E-state index is 12.5. The van der Waals surface area contributed by atoms with Crippen LogP contribution in [0, 0.1) is 11.3 Å². The molecule has 1 atom stereocenters. The van der Waals surface area contributed by atoms with Gasteiger partial charge in [-0.25, -0.2) is 4.79 Å². The van der Waals surface area contributed by atoms with E-state index in [0.717, 1.165) is 11.1 Å². The van der Waals surface area contributed by atoms with Gasteiger partial charge in [-0.2, -0.15) is 5.26 Å².